The van der Waals surface area contributed by atoms with E-state index >= 15 is 0 Å². The van der Waals surface area contributed by atoms with Crippen LogP contribution in [0.5, 0.6) is 0 Å². The summed E-state index contributed by atoms with van der Waals surface area (Å²) < 4.78 is 58.8. The minimum Gasteiger partial charge on any atom is -0.447 e. The minimum atomic E-state index is -3.13. The minimum absolute atomic E-state index is 0.0951. The van der Waals surface area contributed by atoms with E-state index < -0.39 is 21.2 Å². The molecule has 2 atom stereocenters. The molecule has 1 aliphatic heterocycles. The Morgan fingerprint density at radius 3 is 1.63 bits per heavy atom. The summed E-state index contributed by atoms with van der Waals surface area (Å²) >= 11 is 0. The topological polar surface area (TPSA) is 177 Å². The second-order valence-electron chi connectivity index (χ2n) is 11.6. The summed E-state index contributed by atoms with van der Waals surface area (Å²) in [5.41, 5.74) is 5.05. The first-order valence-corrected chi connectivity index (χ1v) is 18.7. The maximum atomic E-state index is 13.2. The van der Waals surface area contributed by atoms with Gasteiger partial charge in [-0.3, -0.25) is 13.9 Å². The lowest BCUT2D eigenvalue weighted by Gasteiger charge is -2.40. The predicted octanol–water partition coefficient (Wildman–Crippen LogP) is 3.16. The zero-order valence-electron chi connectivity index (χ0n) is 30.3. The molecule has 0 aromatic carbocycles. The van der Waals surface area contributed by atoms with Crippen LogP contribution in [0.4, 0.5) is 4.79 Å². The molecule has 1 aliphatic rings. The zero-order valence-corrected chi connectivity index (χ0v) is 32.1. The van der Waals surface area contributed by atoms with E-state index in [1.54, 1.807) is 72.5 Å². The average Bonchev–Trinajstić information content (AvgIpc) is 2.93. The number of carbonyl (C=O) groups is 2. The number of nitrogens with two attached hydrogens (primary N) is 1. The van der Waals surface area contributed by atoms with Crippen molar-refractivity contribution in [2.45, 2.75) is 73.2 Å². The standard InChI is InChI=1S/C17H36N3O6P.C8H20N3O3P.C3H8O/c1-6-11-23-12-13-24-14-15-25-17(21)19-7-9-20(10-8-19)27(22,18(4)5)26-16(2)3;1-7(2)14-15(13,10(3)4)11(5)6-8(9)12;1-3(2)4/h16H,6-15H2,1-5H3;7H,6H2,1-5H3,(H2,9,12);3-4H,1-2H3. The number of piperazine rings is 1. The molecular formula is C28H64N6O10P2. The molecule has 2 amide bonds. The number of primary amides is 1. The monoisotopic (exact) mass is 706 g/mol. The van der Waals surface area contributed by atoms with Crippen LogP contribution in [0, 0.1) is 0 Å². The Hall–Kier alpha value is -1.16. The van der Waals surface area contributed by atoms with Crippen molar-refractivity contribution in [3.8, 4) is 0 Å². The summed E-state index contributed by atoms with van der Waals surface area (Å²) in [5, 5.41) is 8.06. The van der Waals surface area contributed by atoms with Crippen LogP contribution in [-0.2, 0) is 37.2 Å². The molecule has 0 aliphatic carbocycles. The highest BCUT2D eigenvalue weighted by molar-refractivity contribution is 7.54. The first-order chi connectivity index (χ1) is 21.2. The fourth-order valence-electron chi connectivity index (χ4n) is 3.63. The van der Waals surface area contributed by atoms with Gasteiger partial charge in [-0.05, 0) is 83.2 Å². The second kappa shape index (κ2) is 24.9. The van der Waals surface area contributed by atoms with Crippen LogP contribution in [0.1, 0.15) is 54.9 Å². The van der Waals surface area contributed by atoms with E-state index in [1.807, 2.05) is 18.5 Å². The summed E-state index contributed by atoms with van der Waals surface area (Å²) in [7, 11) is 2.13. The van der Waals surface area contributed by atoms with Gasteiger partial charge in [-0.25, -0.2) is 23.5 Å². The second-order valence-corrected chi connectivity index (χ2v) is 16.9. The molecule has 1 heterocycles. The predicted molar refractivity (Wildman–Crippen MR) is 181 cm³/mol. The Balaban J connectivity index is 0. The number of amides is 2. The molecule has 46 heavy (non-hydrogen) atoms. The van der Waals surface area contributed by atoms with Crippen LogP contribution in [0.25, 0.3) is 0 Å². The van der Waals surface area contributed by atoms with E-state index in [0.717, 1.165) is 13.0 Å². The summed E-state index contributed by atoms with van der Waals surface area (Å²) in [6, 6.07) is 0. The van der Waals surface area contributed by atoms with Crippen molar-refractivity contribution in [3.05, 3.63) is 0 Å². The van der Waals surface area contributed by atoms with Gasteiger partial charge in [0.1, 0.15) is 6.61 Å². The van der Waals surface area contributed by atoms with Crippen LogP contribution in [0.3, 0.4) is 0 Å². The number of hydrogen-bond acceptors (Lipinski definition) is 10. The van der Waals surface area contributed by atoms with Crippen molar-refractivity contribution in [2.24, 2.45) is 5.73 Å². The van der Waals surface area contributed by atoms with E-state index in [1.165, 1.54) is 9.34 Å². The van der Waals surface area contributed by atoms with Gasteiger partial charge in [-0.1, -0.05) is 6.92 Å². The summed E-state index contributed by atoms with van der Waals surface area (Å²) in [4.78, 5) is 24.5. The molecule has 1 rings (SSSR count). The van der Waals surface area contributed by atoms with Gasteiger partial charge in [-0.2, -0.15) is 0 Å². The van der Waals surface area contributed by atoms with Crippen molar-refractivity contribution in [1.29, 1.82) is 0 Å². The molecular weight excluding hydrogens is 642 g/mol. The zero-order chi connectivity index (χ0) is 36.1. The Bertz CT molecular complexity index is 916. The number of aliphatic hydroxyl groups is 1. The fourth-order valence-corrected chi connectivity index (χ4v) is 7.52. The van der Waals surface area contributed by atoms with Gasteiger partial charge in [-0.15, -0.1) is 0 Å². The molecule has 3 N–H and O–H groups in total. The molecule has 18 heteroatoms. The summed E-state index contributed by atoms with van der Waals surface area (Å²) in [6.45, 7) is 16.9. The number of likely N-dealkylation sites (N-methyl/N-ethyl adjacent to an activating group) is 1. The highest BCUT2D eigenvalue weighted by Crippen LogP contribution is 2.54. The number of aliphatic hydroxyl groups excluding tert-OH is 1. The van der Waals surface area contributed by atoms with Gasteiger partial charge < -0.3 is 39.0 Å². The summed E-state index contributed by atoms with van der Waals surface area (Å²) in [6.07, 6.45) is 0.116. The van der Waals surface area contributed by atoms with Gasteiger partial charge in [0.2, 0.25) is 5.91 Å². The van der Waals surface area contributed by atoms with Crippen molar-refractivity contribution < 1.29 is 47.1 Å². The lowest BCUT2D eigenvalue weighted by atomic mass is 10.4. The van der Waals surface area contributed by atoms with Crippen molar-refractivity contribution in [1.82, 2.24) is 23.6 Å². The van der Waals surface area contributed by atoms with Gasteiger partial charge in [0.05, 0.1) is 38.6 Å². The van der Waals surface area contributed by atoms with Crippen LogP contribution in [0.15, 0.2) is 0 Å². The maximum Gasteiger partial charge on any atom is 0.409 e. The first-order valence-electron chi connectivity index (χ1n) is 15.7. The smallest absolute Gasteiger partial charge is 0.409 e. The normalized spacial score (nSPS) is 16.6. The Kier molecular flexibility index (Phi) is 25.4. The SMILES string of the molecule is CC(C)O.CC(C)OP(=O)(N(C)C)N(C)CC(N)=O.CCCOCCOCCOC(=O)N1CCN(P(=O)(OC(C)C)N(C)C)CC1. The lowest BCUT2D eigenvalue weighted by molar-refractivity contribution is -0.118. The van der Waals surface area contributed by atoms with Crippen LogP contribution in [0.2, 0.25) is 0 Å². The van der Waals surface area contributed by atoms with Crippen molar-refractivity contribution in [2.75, 3.05) is 101 Å². The Morgan fingerprint density at radius 2 is 1.24 bits per heavy atom. The molecule has 0 spiro atoms. The highest BCUT2D eigenvalue weighted by Gasteiger charge is 2.38. The third-order valence-corrected chi connectivity index (χ3v) is 11.1. The first kappa shape index (κ1) is 47.0. The lowest BCUT2D eigenvalue weighted by Crippen LogP contribution is -2.49. The number of rotatable bonds is 18. The molecule has 0 bridgehead atoms. The quantitative estimate of drug-likeness (QED) is 0.157. The number of ether oxygens (including phenoxy) is 3. The molecule has 2 unspecified atom stereocenters. The third kappa shape index (κ3) is 20.3. The number of hydrogen-bond donors (Lipinski definition) is 2. The van der Waals surface area contributed by atoms with E-state index in [0.29, 0.717) is 46.0 Å². The van der Waals surface area contributed by atoms with Gasteiger partial charge in [0.15, 0.2) is 0 Å². The van der Waals surface area contributed by atoms with Crippen LogP contribution >= 0.6 is 15.3 Å². The molecule has 0 aromatic heterocycles. The Labute approximate surface area is 277 Å². The van der Waals surface area contributed by atoms with Gasteiger partial charge in [0, 0.05) is 38.9 Å². The molecule has 1 fully saturated rings. The van der Waals surface area contributed by atoms with E-state index in [2.05, 4.69) is 6.92 Å². The number of carbonyl (C=O) groups excluding carboxylic acids is 2. The van der Waals surface area contributed by atoms with E-state index in [9.17, 15) is 18.7 Å². The van der Waals surface area contributed by atoms with Crippen molar-refractivity contribution in [3.63, 3.8) is 0 Å². The molecule has 16 nitrogen and oxygen atoms in total. The summed E-state index contributed by atoms with van der Waals surface area (Å²) in [5.74, 6) is -0.535. The van der Waals surface area contributed by atoms with E-state index in [-0.39, 0.29) is 37.6 Å². The highest BCUT2D eigenvalue weighted by atomic mass is 31.2. The molecule has 276 valence electrons. The molecule has 0 saturated carbocycles. The average molecular weight is 707 g/mol. The van der Waals surface area contributed by atoms with Crippen molar-refractivity contribution >= 4 is 27.3 Å². The third-order valence-electron chi connectivity index (χ3n) is 5.57. The van der Waals surface area contributed by atoms with Crippen LogP contribution < -0.4 is 5.73 Å². The van der Waals surface area contributed by atoms with E-state index in [4.69, 9.17) is 34.1 Å². The maximum absolute atomic E-state index is 13.2. The molecule has 0 radical (unpaired) electrons. The largest absolute Gasteiger partial charge is 0.447 e. The molecule has 1 saturated heterocycles. The molecule has 0 aromatic rings. The van der Waals surface area contributed by atoms with Gasteiger partial charge in [0.25, 0.3) is 0 Å². The van der Waals surface area contributed by atoms with Crippen LogP contribution in [-0.4, -0.2) is 160 Å². The fraction of sp³-hybridized carbons (Fsp3) is 0.929. The number of nitrogens with zero attached hydrogens (tertiary/aromatic N) is 5. The van der Waals surface area contributed by atoms with Gasteiger partial charge >= 0.3 is 21.4 Å². The Morgan fingerprint density at radius 1 is 0.783 bits per heavy atom.